The summed E-state index contributed by atoms with van der Waals surface area (Å²) in [5.74, 6) is -1.55. The molecule has 1 atom stereocenters. The van der Waals surface area contributed by atoms with Crippen molar-refractivity contribution in [1.29, 1.82) is 0 Å². The normalized spacial score (nSPS) is 11.9. The van der Waals surface area contributed by atoms with Crippen molar-refractivity contribution in [2.24, 2.45) is 5.73 Å². The highest BCUT2D eigenvalue weighted by Crippen LogP contribution is 2.23. The third kappa shape index (κ3) is 3.69. The molecule has 4 N–H and O–H groups in total. The van der Waals surface area contributed by atoms with Crippen LogP contribution in [0.2, 0.25) is 5.02 Å². The first-order valence-corrected chi connectivity index (χ1v) is 5.41. The van der Waals surface area contributed by atoms with Crippen molar-refractivity contribution >= 4 is 29.2 Å². The Balaban J connectivity index is 2.79. The number of amides is 1. The summed E-state index contributed by atoms with van der Waals surface area (Å²) in [6, 6.07) is 3.18. The topological polar surface area (TPSA) is 102 Å². The lowest BCUT2D eigenvalue weighted by Gasteiger charge is -2.12. The van der Waals surface area contributed by atoms with E-state index in [1.807, 2.05) is 0 Å². The third-order valence-electron chi connectivity index (χ3n) is 2.16. The van der Waals surface area contributed by atoms with Gasteiger partial charge >= 0.3 is 5.97 Å². The summed E-state index contributed by atoms with van der Waals surface area (Å²) >= 11 is 5.85. The number of carbonyl (C=O) groups is 2. The number of carboxylic acid groups (broad SMARTS) is 1. The van der Waals surface area contributed by atoms with Crippen molar-refractivity contribution in [1.82, 2.24) is 0 Å². The van der Waals surface area contributed by atoms with Crippen molar-refractivity contribution < 1.29 is 19.4 Å². The standard InChI is InChI=1S/C11H13ClN2O4/c1-18-5-8(13)10(15)14-9-3-2-6(11(16)17)4-7(9)12/h2-4,8H,5,13H2,1H3,(H,14,15)(H,16,17). The quantitative estimate of drug-likeness (QED) is 0.741. The molecule has 0 saturated heterocycles. The molecule has 0 aromatic heterocycles. The van der Waals surface area contributed by atoms with Crippen LogP contribution in [0.1, 0.15) is 10.4 Å². The first kappa shape index (κ1) is 14.4. The average molecular weight is 273 g/mol. The summed E-state index contributed by atoms with van der Waals surface area (Å²) in [4.78, 5) is 22.3. The molecular formula is C11H13ClN2O4. The Bertz CT molecular complexity index is 464. The van der Waals surface area contributed by atoms with Gasteiger partial charge in [0.15, 0.2) is 0 Å². The van der Waals surface area contributed by atoms with Crippen LogP contribution >= 0.6 is 11.6 Å². The number of benzene rings is 1. The van der Waals surface area contributed by atoms with E-state index < -0.39 is 17.9 Å². The van der Waals surface area contributed by atoms with Crippen LogP contribution in [0.4, 0.5) is 5.69 Å². The zero-order valence-corrected chi connectivity index (χ0v) is 10.4. The molecule has 0 fully saturated rings. The molecule has 0 aliphatic heterocycles. The summed E-state index contributed by atoms with van der Waals surface area (Å²) in [7, 11) is 1.43. The minimum Gasteiger partial charge on any atom is -0.478 e. The van der Waals surface area contributed by atoms with Crippen LogP contribution in [-0.2, 0) is 9.53 Å². The lowest BCUT2D eigenvalue weighted by molar-refractivity contribution is -0.118. The highest BCUT2D eigenvalue weighted by Gasteiger charge is 2.15. The fraction of sp³-hybridized carbons (Fsp3) is 0.273. The van der Waals surface area contributed by atoms with Gasteiger partial charge in [-0.3, -0.25) is 4.79 Å². The van der Waals surface area contributed by atoms with Crippen LogP contribution in [0, 0.1) is 0 Å². The van der Waals surface area contributed by atoms with E-state index in [2.05, 4.69) is 5.32 Å². The smallest absolute Gasteiger partial charge is 0.335 e. The molecule has 1 amide bonds. The Morgan fingerprint density at radius 3 is 2.72 bits per heavy atom. The molecule has 1 unspecified atom stereocenters. The predicted octanol–water partition coefficient (Wildman–Crippen LogP) is 0.950. The number of aromatic carboxylic acids is 1. The maximum atomic E-state index is 11.6. The molecule has 0 saturated carbocycles. The van der Waals surface area contributed by atoms with Crippen LogP contribution in [-0.4, -0.2) is 36.7 Å². The Morgan fingerprint density at radius 1 is 1.56 bits per heavy atom. The van der Waals surface area contributed by atoms with Crippen molar-refractivity contribution in [2.75, 3.05) is 19.0 Å². The highest BCUT2D eigenvalue weighted by molar-refractivity contribution is 6.34. The van der Waals surface area contributed by atoms with Gasteiger partial charge in [-0.1, -0.05) is 11.6 Å². The van der Waals surface area contributed by atoms with Gasteiger partial charge in [0.05, 0.1) is 22.9 Å². The second-order valence-corrected chi connectivity index (χ2v) is 3.96. The number of carbonyl (C=O) groups excluding carboxylic acids is 1. The average Bonchev–Trinajstić information content (AvgIpc) is 2.31. The van der Waals surface area contributed by atoms with Gasteiger partial charge in [-0.15, -0.1) is 0 Å². The maximum absolute atomic E-state index is 11.6. The van der Waals surface area contributed by atoms with Gasteiger partial charge in [0, 0.05) is 7.11 Å². The molecule has 0 heterocycles. The van der Waals surface area contributed by atoms with Crippen LogP contribution in [0.15, 0.2) is 18.2 Å². The van der Waals surface area contributed by atoms with E-state index >= 15 is 0 Å². The van der Waals surface area contributed by atoms with Crippen LogP contribution in [0.3, 0.4) is 0 Å². The number of nitrogens with two attached hydrogens (primary N) is 1. The van der Waals surface area contributed by atoms with Crippen molar-refractivity contribution in [2.45, 2.75) is 6.04 Å². The Morgan fingerprint density at radius 2 is 2.22 bits per heavy atom. The summed E-state index contributed by atoms with van der Waals surface area (Å²) in [5, 5.41) is 11.4. The van der Waals surface area contributed by atoms with Gasteiger partial charge in [-0.2, -0.15) is 0 Å². The highest BCUT2D eigenvalue weighted by atomic mass is 35.5. The number of rotatable bonds is 5. The van der Waals surface area contributed by atoms with Crippen LogP contribution in [0.25, 0.3) is 0 Å². The number of halogens is 1. The Hall–Kier alpha value is -1.63. The number of ether oxygens (including phenoxy) is 1. The first-order valence-electron chi connectivity index (χ1n) is 5.04. The summed E-state index contributed by atoms with van der Waals surface area (Å²) < 4.78 is 4.75. The molecular weight excluding hydrogens is 260 g/mol. The predicted molar refractivity (Wildman–Crippen MR) is 66.9 cm³/mol. The monoisotopic (exact) mass is 272 g/mol. The molecule has 98 valence electrons. The SMILES string of the molecule is COCC(N)C(=O)Nc1ccc(C(=O)O)cc1Cl. The van der Waals surface area contributed by atoms with E-state index in [-0.39, 0.29) is 17.2 Å². The third-order valence-corrected chi connectivity index (χ3v) is 2.47. The van der Waals surface area contributed by atoms with E-state index in [1.165, 1.54) is 25.3 Å². The van der Waals surface area contributed by atoms with Crippen molar-refractivity contribution in [3.63, 3.8) is 0 Å². The maximum Gasteiger partial charge on any atom is 0.335 e. The molecule has 1 aromatic rings. The minimum absolute atomic E-state index is 0.0409. The van der Waals surface area contributed by atoms with E-state index in [4.69, 9.17) is 27.2 Å². The molecule has 0 radical (unpaired) electrons. The van der Waals surface area contributed by atoms with Crippen molar-refractivity contribution in [3.05, 3.63) is 28.8 Å². The van der Waals surface area contributed by atoms with Gasteiger partial charge in [0.25, 0.3) is 0 Å². The molecule has 0 aliphatic rings. The Labute approximate surface area is 109 Å². The second kappa shape index (κ2) is 6.34. The zero-order chi connectivity index (χ0) is 13.7. The molecule has 0 spiro atoms. The number of hydrogen-bond donors (Lipinski definition) is 3. The molecule has 7 heteroatoms. The lowest BCUT2D eigenvalue weighted by atomic mass is 10.2. The number of carboxylic acids is 1. The Kier molecular flexibility index (Phi) is 5.08. The number of anilines is 1. The fourth-order valence-electron chi connectivity index (χ4n) is 1.23. The second-order valence-electron chi connectivity index (χ2n) is 3.55. The molecule has 6 nitrogen and oxygen atoms in total. The van der Waals surface area contributed by atoms with Crippen molar-refractivity contribution in [3.8, 4) is 0 Å². The van der Waals surface area contributed by atoms with Gasteiger partial charge < -0.3 is 20.9 Å². The molecule has 0 bridgehead atoms. The van der Waals surface area contributed by atoms with Gasteiger partial charge in [0.2, 0.25) is 5.91 Å². The first-order chi connectivity index (χ1) is 8.45. The molecule has 1 rings (SSSR count). The largest absolute Gasteiger partial charge is 0.478 e. The van der Waals surface area contributed by atoms with E-state index in [9.17, 15) is 9.59 Å². The summed E-state index contributed by atoms with van der Waals surface area (Å²) in [6.07, 6.45) is 0. The summed E-state index contributed by atoms with van der Waals surface area (Å²) in [6.45, 7) is 0.0800. The van der Waals surface area contributed by atoms with Gasteiger partial charge in [-0.25, -0.2) is 4.79 Å². The summed E-state index contributed by atoms with van der Waals surface area (Å²) in [5.41, 5.74) is 5.87. The molecule has 18 heavy (non-hydrogen) atoms. The zero-order valence-electron chi connectivity index (χ0n) is 9.64. The lowest BCUT2D eigenvalue weighted by Crippen LogP contribution is -2.39. The molecule has 0 aliphatic carbocycles. The number of hydrogen-bond acceptors (Lipinski definition) is 4. The minimum atomic E-state index is -1.09. The van der Waals surface area contributed by atoms with E-state index in [0.717, 1.165) is 0 Å². The van der Waals surface area contributed by atoms with E-state index in [0.29, 0.717) is 5.69 Å². The number of nitrogens with one attached hydrogen (secondary N) is 1. The van der Waals surface area contributed by atoms with Gasteiger partial charge in [0.1, 0.15) is 6.04 Å². The number of methoxy groups -OCH3 is 1. The fourth-order valence-corrected chi connectivity index (χ4v) is 1.46. The van der Waals surface area contributed by atoms with Crippen LogP contribution < -0.4 is 11.1 Å². The molecule has 1 aromatic carbocycles. The van der Waals surface area contributed by atoms with E-state index in [1.54, 1.807) is 0 Å². The van der Waals surface area contributed by atoms with Crippen LogP contribution in [0.5, 0.6) is 0 Å². The van der Waals surface area contributed by atoms with Gasteiger partial charge in [-0.05, 0) is 18.2 Å².